The van der Waals surface area contributed by atoms with E-state index in [-0.39, 0.29) is 22.4 Å². The van der Waals surface area contributed by atoms with Gasteiger partial charge < -0.3 is 11.2 Å². The van der Waals surface area contributed by atoms with Gasteiger partial charge in [-0.15, -0.1) is 29.0 Å². The summed E-state index contributed by atoms with van der Waals surface area (Å²) in [6.45, 7) is 0. The number of rotatable bonds is 4. The van der Waals surface area contributed by atoms with Gasteiger partial charge in [0.1, 0.15) is 24.3 Å². The maximum absolute atomic E-state index is 6.78. The fraction of sp³-hybridized carbons (Fsp3) is 0.0400. The van der Waals surface area contributed by atoms with Crippen LogP contribution in [0, 0.1) is 12.3 Å². The summed E-state index contributed by atoms with van der Waals surface area (Å²) in [6, 6.07) is 33.3. The van der Waals surface area contributed by atoms with Crippen molar-refractivity contribution < 1.29 is 27.1 Å². The maximum Gasteiger partial charge on any atom is 0.154 e. The third-order valence-electron chi connectivity index (χ3n) is 4.13. The van der Waals surface area contributed by atoms with Gasteiger partial charge in [-0.05, 0) is 53.9 Å². The van der Waals surface area contributed by atoms with Crippen LogP contribution in [0.3, 0.4) is 0 Å². The molecule has 0 spiro atoms. The molecule has 4 heteroatoms. The van der Waals surface area contributed by atoms with Crippen molar-refractivity contribution in [3.05, 3.63) is 114 Å². The zero-order chi connectivity index (χ0) is 19.6. The molecule has 3 aromatic carbocycles. The van der Waals surface area contributed by atoms with Crippen molar-refractivity contribution in [1.29, 1.82) is 0 Å². The number of benzene rings is 3. The fourth-order valence-electron chi connectivity index (χ4n) is 2.76. The third-order valence-corrected chi connectivity index (χ3v) is 8.26. The molecule has 0 atom stereocenters. The minimum atomic E-state index is -0.816. The van der Waals surface area contributed by atoms with Gasteiger partial charge in [0, 0.05) is 22.4 Å². The molecule has 0 N–H and O–H groups in total. The van der Waals surface area contributed by atoms with E-state index in [1.54, 1.807) is 31.4 Å². The molecule has 4 rings (SSSR count). The van der Waals surface area contributed by atoms with Crippen LogP contribution in [0.4, 0.5) is 0 Å². The second-order valence-electron chi connectivity index (χ2n) is 5.94. The molecule has 1 nitrogen and oxygen atoms in total. The first kappa shape index (κ1) is 23.2. The van der Waals surface area contributed by atoms with E-state index in [0.717, 1.165) is 11.3 Å². The summed E-state index contributed by atoms with van der Waals surface area (Å²) in [4.78, 5) is 0. The predicted molar refractivity (Wildman–Crippen MR) is 124 cm³/mol. The predicted octanol–water partition coefficient (Wildman–Crippen LogP) is 4.87. The Balaban J connectivity index is 0.000000234. The minimum Gasteiger partial charge on any atom is -0.497 e. The average Bonchev–Trinajstić information content (AvgIpc) is 3.30. The normalized spacial score (nSPS) is 9.55. The summed E-state index contributed by atoms with van der Waals surface area (Å²) in [6.07, 6.45) is 6.78. The smallest absolute Gasteiger partial charge is 0.154 e. The summed E-state index contributed by atoms with van der Waals surface area (Å²) in [7, 11) is 0.798. The van der Waals surface area contributed by atoms with Crippen LogP contribution in [0.5, 0.6) is 5.75 Å². The number of methoxy groups -OCH3 is 1. The van der Waals surface area contributed by atoms with Crippen molar-refractivity contribution in [2.45, 2.75) is 0 Å². The van der Waals surface area contributed by atoms with Gasteiger partial charge in [0.05, 0.1) is 7.11 Å². The molecule has 1 aromatic heterocycles. The second-order valence-corrected chi connectivity index (χ2v) is 9.69. The number of ether oxygens (including phenoxy) is 1. The Bertz CT molecular complexity index is 955. The van der Waals surface area contributed by atoms with Gasteiger partial charge in [-0.1, -0.05) is 36.4 Å². The first-order valence-electron chi connectivity index (χ1n) is 8.90. The standard InChI is InChI=1S/C16H13PS.C9H7O.Au/c1-3-8-14(9-4-1)17(16-12-7-13-18-16)15-10-5-2-6-11-15;1-3-8-4-6-9(10-2)7-5-8;/h1-13H;4-7H,2H3;/q;-1;/p+1. The molecule has 0 bridgehead atoms. The van der Waals surface area contributed by atoms with Gasteiger partial charge in [-0.2, -0.15) is 0 Å². The molecule has 0 aliphatic rings. The molecule has 1 radical (unpaired) electrons. The average molecular weight is 597 g/mol. The minimum absolute atomic E-state index is 0. The van der Waals surface area contributed by atoms with Crippen molar-refractivity contribution in [2.75, 3.05) is 7.11 Å². The number of thiophene rings is 1. The zero-order valence-corrected chi connectivity index (χ0v) is 19.9. The molecule has 4 aromatic rings. The van der Waals surface area contributed by atoms with Crippen LogP contribution in [0.1, 0.15) is 5.56 Å². The summed E-state index contributed by atoms with van der Waals surface area (Å²) in [5, 5.41) is 5.08. The molecule has 0 amide bonds. The van der Waals surface area contributed by atoms with Crippen molar-refractivity contribution in [2.24, 2.45) is 0 Å². The molecule has 0 saturated heterocycles. The first-order valence-corrected chi connectivity index (χ1v) is 11.3. The van der Waals surface area contributed by atoms with Gasteiger partial charge in [0.15, 0.2) is 4.62 Å². The van der Waals surface area contributed by atoms with Gasteiger partial charge in [-0.25, -0.2) is 0 Å². The van der Waals surface area contributed by atoms with Gasteiger partial charge >= 0.3 is 0 Å². The monoisotopic (exact) mass is 597 g/mol. The van der Waals surface area contributed by atoms with Gasteiger partial charge in [-0.3, -0.25) is 5.92 Å². The van der Waals surface area contributed by atoms with Gasteiger partial charge in [0.2, 0.25) is 0 Å². The topological polar surface area (TPSA) is 9.23 Å². The Hall–Kier alpha value is -2.11. The SMILES string of the molecule is [Au].[C-]#Cc1ccc(OC)cc1.c1ccc([PH+](c2ccccc2)c2cccs2)cc1. The maximum atomic E-state index is 6.78. The Morgan fingerprint density at radius 2 is 1.31 bits per heavy atom. The molecule has 29 heavy (non-hydrogen) atoms. The van der Waals surface area contributed by atoms with E-state index < -0.39 is 7.92 Å². The van der Waals surface area contributed by atoms with Crippen LogP contribution in [-0.2, 0) is 22.4 Å². The first-order chi connectivity index (χ1) is 13.8. The zero-order valence-electron chi connectivity index (χ0n) is 15.9. The van der Waals surface area contributed by atoms with Crippen LogP contribution < -0.4 is 20.0 Å². The van der Waals surface area contributed by atoms with E-state index in [4.69, 9.17) is 11.2 Å². The van der Waals surface area contributed by atoms with E-state index in [1.165, 1.54) is 15.2 Å². The van der Waals surface area contributed by atoms with Crippen molar-refractivity contribution in [1.82, 2.24) is 0 Å². The Morgan fingerprint density at radius 1 is 0.759 bits per heavy atom. The molecule has 0 aliphatic carbocycles. The molecule has 0 unspecified atom stereocenters. The second kappa shape index (κ2) is 12.5. The quantitative estimate of drug-likeness (QED) is 0.141. The largest absolute Gasteiger partial charge is 0.497 e. The van der Waals surface area contributed by atoms with E-state index in [0.29, 0.717) is 0 Å². The summed E-state index contributed by atoms with van der Waals surface area (Å²) in [5.41, 5.74) is 0.765. The molecule has 1 heterocycles. The van der Waals surface area contributed by atoms with Crippen LogP contribution in [0.15, 0.2) is 102 Å². The van der Waals surface area contributed by atoms with Crippen LogP contribution in [0.25, 0.3) is 0 Å². The Labute approximate surface area is 194 Å². The van der Waals surface area contributed by atoms with Crippen molar-refractivity contribution in [3.8, 4) is 11.7 Å². The Kier molecular flexibility index (Phi) is 9.95. The van der Waals surface area contributed by atoms with E-state index in [2.05, 4.69) is 84.1 Å². The fourth-order valence-corrected chi connectivity index (χ4v) is 6.82. The van der Waals surface area contributed by atoms with Crippen molar-refractivity contribution in [3.63, 3.8) is 0 Å². The van der Waals surface area contributed by atoms with Crippen LogP contribution >= 0.6 is 19.3 Å². The molecular weight excluding hydrogens is 576 g/mol. The summed E-state index contributed by atoms with van der Waals surface area (Å²) >= 11 is 1.87. The molecular formula is C25H21AuOPS. The van der Waals surface area contributed by atoms with Crippen LogP contribution in [0.2, 0.25) is 0 Å². The molecule has 149 valence electrons. The molecule has 0 saturated carbocycles. The van der Waals surface area contributed by atoms with Gasteiger partial charge in [0.25, 0.3) is 0 Å². The van der Waals surface area contributed by atoms with E-state index in [1.807, 2.05) is 11.3 Å². The van der Waals surface area contributed by atoms with Crippen LogP contribution in [-0.4, -0.2) is 7.11 Å². The number of hydrogen-bond donors (Lipinski definition) is 0. The van der Waals surface area contributed by atoms with E-state index >= 15 is 0 Å². The van der Waals surface area contributed by atoms with Crippen molar-refractivity contribution >= 4 is 34.5 Å². The molecule has 0 fully saturated rings. The number of hydrogen-bond acceptors (Lipinski definition) is 2. The summed E-state index contributed by atoms with van der Waals surface area (Å²) in [5.74, 6) is 3.08. The third kappa shape index (κ3) is 6.72. The molecule has 0 aliphatic heterocycles. The summed E-state index contributed by atoms with van der Waals surface area (Å²) < 4.78 is 6.42. The van der Waals surface area contributed by atoms with E-state index in [9.17, 15) is 0 Å². The Morgan fingerprint density at radius 3 is 1.72 bits per heavy atom.